The minimum Gasteiger partial charge on any atom is -0.347 e. The highest BCUT2D eigenvalue weighted by Crippen LogP contribution is 2.42. The summed E-state index contributed by atoms with van der Waals surface area (Å²) in [6, 6.07) is 2.19. The fraction of sp³-hybridized carbons (Fsp3) is 0.643. The number of hydrogen-bond acceptors (Lipinski definition) is 4. The molecule has 102 valence electrons. The molecule has 1 fully saturated rings. The van der Waals surface area contributed by atoms with Gasteiger partial charge in [0, 0.05) is 17.5 Å². The van der Waals surface area contributed by atoms with Crippen LogP contribution in [0.5, 0.6) is 0 Å². The number of carbonyl (C=O) groups excluding carboxylic acids is 1. The minimum absolute atomic E-state index is 0.0284. The topological polar surface area (TPSA) is 65.8 Å². The lowest BCUT2D eigenvalue weighted by atomic mass is 9.91. The molecule has 0 radical (unpaired) electrons. The minimum atomic E-state index is -0.614. The Morgan fingerprint density at radius 3 is 2.84 bits per heavy atom. The molecule has 1 aromatic rings. The Morgan fingerprint density at radius 1 is 1.68 bits per heavy atom. The monoisotopic (exact) mass is 277 g/mol. The van der Waals surface area contributed by atoms with Crippen molar-refractivity contribution < 1.29 is 4.79 Å². The zero-order valence-electron chi connectivity index (χ0n) is 11.6. The third kappa shape index (κ3) is 3.77. The summed E-state index contributed by atoms with van der Waals surface area (Å²) < 4.78 is 0. The van der Waals surface area contributed by atoms with Gasteiger partial charge in [-0.25, -0.2) is 4.98 Å². The van der Waals surface area contributed by atoms with Gasteiger partial charge in [-0.05, 0) is 39.5 Å². The van der Waals surface area contributed by atoms with Crippen molar-refractivity contribution in [1.29, 1.82) is 5.26 Å². The third-order valence-corrected chi connectivity index (χ3v) is 4.22. The van der Waals surface area contributed by atoms with Gasteiger partial charge in [-0.2, -0.15) is 5.26 Å². The van der Waals surface area contributed by atoms with Crippen molar-refractivity contribution in [3.63, 3.8) is 0 Å². The molecule has 2 rings (SSSR count). The van der Waals surface area contributed by atoms with E-state index in [1.165, 1.54) is 0 Å². The van der Waals surface area contributed by atoms with Gasteiger partial charge in [0.1, 0.15) is 5.01 Å². The molecule has 1 atom stereocenters. The van der Waals surface area contributed by atoms with Crippen LogP contribution >= 0.6 is 11.3 Å². The summed E-state index contributed by atoms with van der Waals surface area (Å²) in [5, 5.41) is 13.0. The first-order chi connectivity index (χ1) is 8.91. The number of nitrogens with one attached hydrogen (secondary N) is 1. The second kappa shape index (κ2) is 5.30. The van der Waals surface area contributed by atoms with Gasteiger partial charge < -0.3 is 5.32 Å². The van der Waals surface area contributed by atoms with Gasteiger partial charge in [0.15, 0.2) is 0 Å². The number of nitriles is 1. The predicted octanol–water partition coefficient (Wildman–Crippen LogP) is 2.96. The van der Waals surface area contributed by atoms with Crippen molar-refractivity contribution in [3.05, 3.63) is 16.1 Å². The van der Waals surface area contributed by atoms with Gasteiger partial charge in [0.2, 0.25) is 5.91 Å². The second-order valence-electron chi connectivity index (χ2n) is 5.86. The fourth-order valence-electron chi connectivity index (χ4n) is 1.99. The van der Waals surface area contributed by atoms with Gasteiger partial charge in [-0.15, -0.1) is 11.3 Å². The third-order valence-electron chi connectivity index (χ3n) is 3.22. The fourth-order valence-corrected chi connectivity index (χ4v) is 2.91. The first-order valence-corrected chi connectivity index (χ1v) is 7.36. The summed E-state index contributed by atoms with van der Waals surface area (Å²) >= 11 is 1.64. The summed E-state index contributed by atoms with van der Waals surface area (Å²) in [5.74, 6) is 0.455. The van der Waals surface area contributed by atoms with E-state index >= 15 is 0 Å². The Morgan fingerprint density at radius 2 is 2.37 bits per heavy atom. The molecule has 4 nitrogen and oxygen atoms in total. The van der Waals surface area contributed by atoms with Crippen LogP contribution in [0.1, 0.15) is 49.0 Å². The van der Waals surface area contributed by atoms with Crippen LogP contribution in [0.3, 0.4) is 0 Å². The highest BCUT2D eigenvalue weighted by molar-refractivity contribution is 7.11. The Balaban J connectivity index is 2.02. The quantitative estimate of drug-likeness (QED) is 0.899. The number of amides is 1. The normalized spacial score (nSPS) is 16.7. The zero-order valence-corrected chi connectivity index (χ0v) is 12.4. The summed E-state index contributed by atoms with van der Waals surface area (Å²) in [5.41, 5.74) is -0.614. The van der Waals surface area contributed by atoms with Crippen molar-refractivity contribution in [3.8, 4) is 6.07 Å². The van der Waals surface area contributed by atoms with E-state index in [4.69, 9.17) is 5.26 Å². The first-order valence-electron chi connectivity index (χ1n) is 6.54. The van der Waals surface area contributed by atoms with E-state index in [0.29, 0.717) is 5.92 Å². The van der Waals surface area contributed by atoms with Crippen LogP contribution in [0, 0.1) is 29.6 Å². The number of aryl methyl sites for hydroxylation is 1. The van der Waals surface area contributed by atoms with E-state index in [-0.39, 0.29) is 18.4 Å². The van der Waals surface area contributed by atoms with E-state index in [0.717, 1.165) is 22.7 Å². The summed E-state index contributed by atoms with van der Waals surface area (Å²) in [4.78, 5) is 17.6. The Kier molecular flexibility index (Phi) is 3.91. The Hall–Kier alpha value is -1.41. The molecule has 0 bridgehead atoms. The van der Waals surface area contributed by atoms with Gasteiger partial charge in [0.25, 0.3) is 0 Å². The number of hydrogen-bond donors (Lipinski definition) is 1. The number of rotatable bonds is 5. The molecule has 1 aliphatic rings. The van der Waals surface area contributed by atoms with Crippen molar-refractivity contribution in [2.45, 2.75) is 46.1 Å². The maximum atomic E-state index is 12.1. The van der Waals surface area contributed by atoms with E-state index in [2.05, 4.69) is 16.4 Å². The van der Waals surface area contributed by atoms with Crippen LogP contribution in [0.25, 0.3) is 0 Å². The zero-order chi connectivity index (χ0) is 14.0. The SMILES string of the molecule is Cc1cnc([C@@H](NC(=O)CC(C)(C)C#N)C2CC2)s1. The number of aromatic nitrogens is 1. The molecule has 1 aromatic heterocycles. The molecule has 1 amide bonds. The maximum absolute atomic E-state index is 12.1. The molecule has 1 heterocycles. The Bertz CT molecular complexity index is 511. The van der Waals surface area contributed by atoms with Crippen LogP contribution in [-0.2, 0) is 4.79 Å². The lowest BCUT2D eigenvalue weighted by molar-refractivity contribution is -0.123. The van der Waals surface area contributed by atoms with Gasteiger partial charge in [0.05, 0.1) is 17.5 Å². The molecule has 0 unspecified atom stereocenters. The molecule has 5 heteroatoms. The average Bonchev–Trinajstić information content (AvgIpc) is 3.08. The molecule has 19 heavy (non-hydrogen) atoms. The van der Waals surface area contributed by atoms with E-state index in [9.17, 15) is 4.79 Å². The van der Waals surface area contributed by atoms with Crippen LogP contribution in [-0.4, -0.2) is 10.9 Å². The molecular formula is C14H19N3OS. The Labute approximate surface area is 117 Å². The van der Waals surface area contributed by atoms with Crippen LogP contribution in [0.15, 0.2) is 6.20 Å². The lowest BCUT2D eigenvalue weighted by Crippen LogP contribution is -2.32. The predicted molar refractivity (Wildman–Crippen MR) is 74.5 cm³/mol. The molecule has 1 aliphatic carbocycles. The molecule has 0 spiro atoms. The van der Waals surface area contributed by atoms with Crippen molar-refractivity contribution in [1.82, 2.24) is 10.3 Å². The largest absolute Gasteiger partial charge is 0.347 e. The van der Waals surface area contributed by atoms with E-state index < -0.39 is 5.41 Å². The number of thiazole rings is 1. The van der Waals surface area contributed by atoms with Crippen LogP contribution in [0.4, 0.5) is 0 Å². The molecule has 0 aliphatic heterocycles. The van der Waals surface area contributed by atoms with E-state index in [1.54, 1.807) is 25.2 Å². The molecular weight excluding hydrogens is 258 g/mol. The van der Waals surface area contributed by atoms with Gasteiger partial charge in [-0.3, -0.25) is 4.79 Å². The van der Waals surface area contributed by atoms with Crippen molar-refractivity contribution in [2.75, 3.05) is 0 Å². The highest BCUT2D eigenvalue weighted by Gasteiger charge is 2.36. The van der Waals surface area contributed by atoms with E-state index in [1.807, 2.05) is 13.1 Å². The summed E-state index contributed by atoms with van der Waals surface area (Å²) in [6.45, 7) is 5.59. The summed E-state index contributed by atoms with van der Waals surface area (Å²) in [7, 11) is 0. The smallest absolute Gasteiger partial charge is 0.222 e. The molecule has 0 aromatic carbocycles. The molecule has 1 saturated carbocycles. The van der Waals surface area contributed by atoms with Crippen molar-refractivity contribution in [2.24, 2.45) is 11.3 Å². The average molecular weight is 277 g/mol. The maximum Gasteiger partial charge on any atom is 0.222 e. The molecule has 1 N–H and O–H groups in total. The van der Waals surface area contributed by atoms with Gasteiger partial charge in [-0.1, -0.05) is 0 Å². The number of carbonyl (C=O) groups is 1. The van der Waals surface area contributed by atoms with Crippen LogP contribution in [0.2, 0.25) is 0 Å². The van der Waals surface area contributed by atoms with Gasteiger partial charge >= 0.3 is 0 Å². The van der Waals surface area contributed by atoms with Crippen LogP contribution < -0.4 is 5.32 Å². The lowest BCUT2D eigenvalue weighted by Gasteiger charge is -2.19. The van der Waals surface area contributed by atoms with Crippen molar-refractivity contribution >= 4 is 17.2 Å². The summed E-state index contributed by atoms with van der Waals surface area (Å²) in [6.07, 6.45) is 4.37. The standard InChI is InChI=1S/C14H19N3OS/c1-9-7-16-13(19-9)12(10-4-5-10)17-11(18)6-14(2,3)8-15/h7,10,12H,4-6H2,1-3H3,(H,17,18)/t12-/m0/s1. The molecule has 0 saturated heterocycles. The highest BCUT2D eigenvalue weighted by atomic mass is 32.1. The number of nitrogens with zero attached hydrogens (tertiary/aromatic N) is 2. The first kappa shape index (κ1) is 14.0. The second-order valence-corrected chi connectivity index (χ2v) is 7.13.